The Morgan fingerprint density at radius 3 is 2.67 bits per heavy atom. The van der Waals surface area contributed by atoms with Crippen molar-refractivity contribution < 1.29 is 10.2 Å². The SMILES string of the molecule is Oc1cc2c3c(c1O)CC[C@H]3CNC[C@H]2c1ccccc1. The first-order valence-corrected chi connectivity index (χ1v) is 7.59. The first-order chi connectivity index (χ1) is 10.3. The molecule has 1 aliphatic carbocycles. The van der Waals surface area contributed by atoms with Gasteiger partial charge in [-0.15, -0.1) is 0 Å². The summed E-state index contributed by atoms with van der Waals surface area (Å²) in [7, 11) is 0. The van der Waals surface area contributed by atoms with Crippen molar-refractivity contribution in [2.75, 3.05) is 13.1 Å². The van der Waals surface area contributed by atoms with Crippen LogP contribution in [0, 0.1) is 0 Å². The summed E-state index contributed by atoms with van der Waals surface area (Å²) in [5.74, 6) is 0.793. The van der Waals surface area contributed by atoms with Gasteiger partial charge in [-0.2, -0.15) is 0 Å². The Bertz CT molecular complexity index is 681. The van der Waals surface area contributed by atoms with E-state index in [1.165, 1.54) is 16.7 Å². The predicted octanol–water partition coefficient (Wildman–Crippen LogP) is 2.86. The molecule has 0 aromatic heterocycles. The Hall–Kier alpha value is -2.00. The summed E-state index contributed by atoms with van der Waals surface area (Å²) < 4.78 is 0. The van der Waals surface area contributed by atoms with Gasteiger partial charge in [-0.25, -0.2) is 0 Å². The zero-order valence-electron chi connectivity index (χ0n) is 11.8. The Balaban J connectivity index is 1.93. The van der Waals surface area contributed by atoms with E-state index in [1.807, 2.05) is 6.07 Å². The third kappa shape index (κ3) is 1.92. The number of phenolic OH excluding ortho intramolecular Hbond substituents is 2. The Kier molecular flexibility index (Phi) is 2.89. The van der Waals surface area contributed by atoms with Crippen molar-refractivity contribution in [1.82, 2.24) is 5.32 Å². The molecule has 2 aromatic carbocycles. The lowest BCUT2D eigenvalue weighted by molar-refractivity contribution is 0.399. The van der Waals surface area contributed by atoms with Crippen molar-refractivity contribution >= 4 is 0 Å². The van der Waals surface area contributed by atoms with E-state index in [-0.39, 0.29) is 17.4 Å². The van der Waals surface area contributed by atoms with Crippen LogP contribution in [0.25, 0.3) is 0 Å². The van der Waals surface area contributed by atoms with Gasteiger partial charge in [-0.05, 0) is 41.5 Å². The third-order valence-electron chi connectivity index (χ3n) is 4.92. The van der Waals surface area contributed by atoms with Gasteiger partial charge in [-0.3, -0.25) is 0 Å². The smallest absolute Gasteiger partial charge is 0.160 e. The third-order valence-corrected chi connectivity index (χ3v) is 4.92. The maximum atomic E-state index is 10.2. The summed E-state index contributed by atoms with van der Waals surface area (Å²) in [5, 5.41) is 23.8. The second-order valence-corrected chi connectivity index (χ2v) is 6.08. The number of hydrogen-bond donors (Lipinski definition) is 3. The molecule has 2 atom stereocenters. The molecule has 108 valence electrons. The summed E-state index contributed by atoms with van der Waals surface area (Å²) >= 11 is 0. The van der Waals surface area contributed by atoms with Crippen molar-refractivity contribution in [1.29, 1.82) is 0 Å². The van der Waals surface area contributed by atoms with Crippen LogP contribution in [-0.2, 0) is 6.42 Å². The van der Waals surface area contributed by atoms with Crippen LogP contribution in [0.3, 0.4) is 0 Å². The average molecular weight is 281 g/mol. The monoisotopic (exact) mass is 281 g/mol. The first-order valence-electron chi connectivity index (χ1n) is 7.59. The molecule has 3 heteroatoms. The molecule has 0 saturated carbocycles. The highest BCUT2D eigenvalue weighted by atomic mass is 16.3. The lowest BCUT2D eigenvalue weighted by Gasteiger charge is -2.20. The van der Waals surface area contributed by atoms with Crippen molar-refractivity contribution in [3.63, 3.8) is 0 Å². The minimum Gasteiger partial charge on any atom is -0.504 e. The molecule has 4 rings (SSSR count). The van der Waals surface area contributed by atoms with Crippen molar-refractivity contribution in [2.24, 2.45) is 0 Å². The Morgan fingerprint density at radius 1 is 1.05 bits per heavy atom. The van der Waals surface area contributed by atoms with Crippen LogP contribution in [0.15, 0.2) is 36.4 Å². The zero-order chi connectivity index (χ0) is 14.4. The van der Waals surface area contributed by atoms with E-state index in [2.05, 4.69) is 29.6 Å². The van der Waals surface area contributed by atoms with E-state index < -0.39 is 0 Å². The van der Waals surface area contributed by atoms with Gasteiger partial charge in [0.25, 0.3) is 0 Å². The number of rotatable bonds is 1. The lowest BCUT2D eigenvalue weighted by atomic mass is 9.85. The maximum absolute atomic E-state index is 10.2. The minimum absolute atomic E-state index is 0.0206. The number of benzene rings is 2. The molecule has 2 aromatic rings. The quantitative estimate of drug-likeness (QED) is 0.705. The van der Waals surface area contributed by atoms with Gasteiger partial charge in [-0.1, -0.05) is 30.3 Å². The fraction of sp³-hybridized carbons (Fsp3) is 0.333. The standard InChI is InChI=1S/C18H19NO2/c20-16-8-14-15(11-4-2-1-3-5-11)10-19-9-12-6-7-13(17(12)14)18(16)21/h1-5,8,12,15,19-21H,6-7,9-10H2/t12-,15-/m0/s1. The van der Waals surface area contributed by atoms with E-state index in [0.717, 1.165) is 31.5 Å². The van der Waals surface area contributed by atoms with E-state index in [9.17, 15) is 10.2 Å². The minimum atomic E-state index is 0.0206. The van der Waals surface area contributed by atoms with Crippen LogP contribution in [0.4, 0.5) is 0 Å². The predicted molar refractivity (Wildman–Crippen MR) is 82.0 cm³/mol. The van der Waals surface area contributed by atoms with Gasteiger partial charge in [0.15, 0.2) is 11.5 Å². The van der Waals surface area contributed by atoms with E-state index in [4.69, 9.17) is 0 Å². The molecule has 0 unspecified atom stereocenters. The van der Waals surface area contributed by atoms with Gasteiger partial charge in [0.05, 0.1) is 0 Å². The van der Waals surface area contributed by atoms with E-state index in [1.54, 1.807) is 6.07 Å². The van der Waals surface area contributed by atoms with Crippen molar-refractivity contribution in [3.8, 4) is 11.5 Å². The Labute approximate surface area is 124 Å². The average Bonchev–Trinajstić information content (AvgIpc) is 2.85. The highest BCUT2D eigenvalue weighted by molar-refractivity contribution is 5.59. The first kappa shape index (κ1) is 12.7. The van der Waals surface area contributed by atoms with Crippen LogP contribution >= 0.6 is 0 Å². The van der Waals surface area contributed by atoms with Gasteiger partial charge >= 0.3 is 0 Å². The highest BCUT2D eigenvalue weighted by Gasteiger charge is 2.34. The summed E-state index contributed by atoms with van der Waals surface area (Å²) in [4.78, 5) is 0. The molecule has 0 amide bonds. The number of hydrogen-bond acceptors (Lipinski definition) is 3. The zero-order valence-corrected chi connectivity index (χ0v) is 11.8. The number of nitrogens with one attached hydrogen (secondary N) is 1. The molecule has 3 nitrogen and oxygen atoms in total. The molecule has 0 radical (unpaired) electrons. The molecule has 0 spiro atoms. The van der Waals surface area contributed by atoms with Crippen molar-refractivity contribution in [2.45, 2.75) is 24.7 Å². The van der Waals surface area contributed by atoms with Crippen LogP contribution in [-0.4, -0.2) is 23.3 Å². The number of aromatic hydroxyl groups is 2. The van der Waals surface area contributed by atoms with Crippen LogP contribution in [0.2, 0.25) is 0 Å². The molecule has 0 bridgehead atoms. The summed E-state index contributed by atoms with van der Waals surface area (Å²) in [5.41, 5.74) is 4.66. The van der Waals surface area contributed by atoms with E-state index >= 15 is 0 Å². The van der Waals surface area contributed by atoms with Crippen LogP contribution < -0.4 is 5.32 Å². The second-order valence-electron chi connectivity index (χ2n) is 6.08. The molecular formula is C18H19NO2. The van der Waals surface area contributed by atoms with E-state index in [0.29, 0.717) is 5.92 Å². The molecule has 2 aliphatic rings. The van der Waals surface area contributed by atoms with Gasteiger partial charge in [0.2, 0.25) is 0 Å². The lowest BCUT2D eigenvalue weighted by Crippen LogP contribution is -2.22. The fourth-order valence-electron chi connectivity index (χ4n) is 3.93. The highest BCUT2D eigenvalue weighted by Crippen LogP contribution is 2.48. The van der Waals surface area contributed by atoms with Gasteiger partial charge < -0.3 is 15.5 Å². The molecule has 0 saturated heterocycles. The Morgan fingerprint density at radius 2 is 1.86 bits per heavy atom. The van der Waals surface area contributed by atoms with Crippen LogP contribution in [0.1, 0.15) is 40.5 Å². The molecule has 0 fully saturated rings. The summed E-state index contributed by atoms with van der Waals surface area (Å²) in [6, 6.07) is 12.2. The fourth-order valence-corrected chi connectivity index (χ4v) is 3.93. The van der Waals surface area contributed by atoms with Crippen molar-refractivity contribution in [3.05, 3.63) is 58.7 Å². The topological polar surface area (TPSA) is 52.5 Å². The maximum Gasteiger partial charge on any atom is 0.160 e. The molecule has 1 heterocycles. The van der Waals surface area contributed by atoms with Gasteiger partial charge in [0.1, 0.15) is 0 Å². The second kappa shape index (κ2) is 4.78. The summed E-state index contributed by atoms with van der Waals surface area (Å²) in [6.45, 7) is 1.82. The van der Waals surface area contributed by atoms with Crippen LogP contribution in [0.5, 0.6) is 11.5 Å². The molecule has 3 N–H and O–H groups in total. The van der Waals surface area contributed by atoms with Gasteiger partial charge in [0, 0.05) is 24.6 Å². The number of phenols is 2. The molecule has 1 aliphatic heterocycles. The molecule has 21 heavy (non-hydrogen) atoms. The normalized spacial score (nSPS) is 23.6. The molecular weight excluding hydrogens is 262 g/mol. The summed E-state index contributed by atoms with van der Waals surface area (Å²) in [6.07, 6.45) is 1.91. The largest absolute Gasteiger partial charge is 0.504 e.